The number of hydrogen-bond donors (Lipinski definition) is 2. The number of hydrogen-bond acceptors (Lipinski definition) is 3. The van der Waals surface area contributed by atoms with Gasteiger partial charge in [-0.25, -0.2) is 4.79 Å². The lowest BCUT2D eigenvalue weighted by molar-refractivity contribution is -0.137. The van der Waals surface area contributed by atoms with Crippen LogP contribution in [0.5, 0.6) is 0 Å². The van der Waals surface area contributed by atoms with Crippen LogP contribution in [0.15, 0.2) is 0 Å². The maximum absolute atomic E-state index is 11.8. The number of rotatable bonds is 6. The molecule has 0 saturated heterocycles. The fourth-order valence-electron chi connectivity index (χ4n) is 1.47. The fraction of sp³-hybridized carbons (Fsp3) is 0.800. The van der Waals surface area contributed by atoms with Gasteiger partial charge >= 0.3 is 12.0 Å². The van der Waals surface area contributed by atoms with Crippen molar-refractivity contribution in [3.8, 4) is 0 Å². The van der Waals surface area contributed by atoms with E-state index < -0.39 is 5.97 Å². The normalized spacial score (nSPS) is 14.6. The van der Waals surface area contributed by atoms with Gasteiger partial charge in [0.2, 0.25) is 0 Å². The van der Waals surface area contributed by atoms with Crippen LogP contribution in [0.3, 0.4) is 0 Å². The molecule has 0 bridgehead atoms. The number of carbonyl (C=O) groups is 2. The number of likely N-dealkylation sites (N-methyl/N-ethyl adjacent to an activating group) is 1. The monoisotopic (exact) mass is 230 g/mol. The van der Waals surface area contributed by atoms with Crippen LogP contribution in [0.25, 0.3) is 0 Å². The van der Waals surface area contributed by atoms with Crippen molar-refractivity contribution >= 4 is 12.0 Å². The Kier molecular flexibility index (Phi) is 4.54. The molecular weight excluding hydrogens is 212 g/mol. The van der Waals surface area contributed by atoms with E-state index in [1.807, 2.05) is 0 Å². The predicted molar refractivity (Wildman–Crippen MR) is 57.0 cm³/mol. The molecule has 0 aliphatic heterocycles. The van der Waals surface area contributed by atoms with Gasteiger partial charge in [0.25, 0.3) is 0 Å². The van der Waals surface area contributed by atoms with E-state index in [2.05, 4.69) is 0 Å². The van der Waals surface area contributed by atoms with E-state index in [4.69, 9.17) is 10.2 Å². The van der Waals surface area contributed by atoms with Gasteiger partial charge in [0.05, 0.1) is 6.61 Å². The highest BCUT2D eigenvalue weighted by molar-refractivity contribution is 5.80. The number of aliphatic hydroxyl groups is 1. The molecule has 0 unspecified atom stereocenters. The van der Waals surface area contributed by atoms with Crippen molar-refractivity contribution in [3.05, 3.63) is 0 Å². The first kappa shape index (κ1) is 12.8. The summed E-state index contributed by atoms with van der Waals surface area (Å²) in [6, 6.07) is -0.330. The Hall–Kier alpha value is -1.30. The van der Waals surface area contributed by atoms with Gasteiger partial charge in [-0.2, -0.15) is 0 Å². The fourth-order valence-corrected chi connectivity index (χ4v) is 1.47. The van der Waals surface area contributed by atoms with Crippen LogP contribution in [0.2, 0.25) is 0 Å². The predicted octanol–water partition coefficient (Wildman–Crippen LogP) is -0.173. The highest BCUT2D eigenvalue weighted by Gasteiger charge is 2.29. The van der Waals surface area contributed by atoms with Crippen LogP contribution in [0.1, 0.15) is 12.8 Å². The van der Waals surface area contributed by atoms with Gasteiger partial charge in [0.15, 0.2) is 0 Å². The molecule has 1 rings (SSSR count). The lowest BCUT2D eigenvalue weighted by atomic mass is 10.3. The van der Waals surface area contributed by atoms with Crippen LogP contribution >= 0.6 is 0 Å². The zero-order valence-electron chi connectivity index (χ0n) is 9.43. The van der Waals surface area contributed by atoms with Crippen LogP contribution in [0.4, 0.5) is 4.79 Å². The average molecular weight is 230 g/mol. The molecule has 0 aromatic heterocycles. The number of aliphatic hydroxyl groups excluding tert-OH is 1. The zero-order chi connectivity index (χ0) is 12.1. The summed E-state index contributed by atoms with van der Waals surface area (Å²) < 4.78 is 0. The number of urea groups is 1. The minimum Gasteiger partial charge on any atom is -0.480 e. The molecule has 0 aromatic carbocycles. The lowest BCUT2D eigenvalue weighted by Crippen LogP contribution is -2.45. The number of aliphatic carboxylic acids is 1. The molecule has 92 valence electrons. The summed E-state index contributed by atoms with van der Waals surface area (Å²) in [6.45, 7) is 0.332. The molecule has 6 nitrogen and oxygen atoms in total. The molecule has 0 atom stereocenters. The Morgan fingerprint density at radius 3 is 2.44 bits per heavy atom. The molecule has 0 heterocycles. The highest BCUT2D eigenvalue weighted by atomic mass is 16.4. The standard InChI is InChI=1S/C10H18N2O4/c1-11(4-5-13)10(16)12(7-9(14)15)6-8-2-3-8/h8,13H,2-7H2,1H3,(H,14,15). The quantitative estimate of drug-likeness (QED) is 0.663. The second-order valence-electron chi connectivity index (χ2n) is 4.15. The average Bonchev–Trinajstić information content (AvgIpc) is 2.99. The molecule has 1 saturated carbocycles. The first-order valence-electron chi connectivity index (χ1n) is 5.37. The molecule has 0 aromatic rings. The molecule has 2 amide bonds. The first-order chi connectivity index (χ1) is 7.54. The van der Waals surface area contributed by atoms with Crippen molar-refractivity contribution in [2.45, 2.75) is 12.8 Å². The second-order valence-corrected chi connectivity index (χ2v) is 4.15. The van der Waals surface area contributed by atoms with E-state index in [0.717, 1.165) is 12.8 Å². The van der Waals surface area contributed by atoms with Gasteiger partial charge in [0.1, 0.15) is 6.54 Å². The summed E-state index contributed by atoms with van der Waals surface area (Å²) in [5.74, 6) is -0.558. The number of carboxylic acid groups (broad SMARTS) is 1. The van der Waals surface area contributed by atoms with Crippen molar-refractivity contribution in [1.82, 2.24) is 9.80 Å². The first-order valence-corrected chi connectivity index (χ1v) is 5.37. The van der Waals surface area contributed by atoms with Crippen LogP contribution < -0.4 is 0 Å². The summed E-state index contributed by atoms with van der Waals surface area (Å²) in [4.78, 5) is 25.1. The number of carboxylic acids is 1. The molecule has 0 spiro atoms. The largest absolute Gasteiger partial charge is 0.480 e. The Labute approximate surface area is 94.4 Å². The third-order valence-corrected chi connectivity index (χ3v) is 2.53. The topological polar surface area (TPSA) is 81.1 Å². The van der Waals surface area contributed by atoms with Crippen molar-refractivity contribution in [3.63, 3.8) is 0 Å². The molecule has 1 aliphatic carbocycles. The Morgan fingerprint density at radius 1 is 1.38 bits per heavy atom. The number of carbonyl (C=O) groups excluding carboxylic acids is 1. The third-order valence-electron chi connectivity index (χ3n) is 2.53. The van der Waals surface area contributed by atoms with E-state index in [1.54, 1.807) is 7.05 Å². The van der Waals surface area contributed by atoms with Gasteiger partial charge < -0.3 is 20.0 Å². The van der Waals surface area contributed by atoms with Gasteiger partial charge in [-0.1, -0.05) is 0 Å². The third kappa shape index (κ3) is 4.06. The van der Waals surface area contributed by atoms with E-state index >= 15 is 0 Å². The summed E-state index contributed by atoms with van der Waals surface area (Å²) in [6.07, 6.45) is 2.13. The maximum Gasteiger partial charge on any atom is 0.323 e. The Morgan fingerprint density at radius 2 is 2.00 bits per heavy atom. The molecule has 16 heavy (non-hydrogen) atoms. The number of nitrogens with zero attached hydrogens (tertiary/aromatic N) is 2. The minimum absolute atomic E-state index is 0.118. The second kappa shape index (κ2) is 5.69. The molecule has 1 fully saturated rings. The molecule has 6 heteroatoms. The number of amides is 2. The van der Waals surface area contributed by atoms with E-state index in [9.17, 15) is 9.59 Å². The van der Waals surface area contributed by atoms with Crippen LogP contribution in [0, 0.1) is 5.92 Å². The summed E-state index contributed by atoms with van der Waals surface area (Å²) >= 11 is 0. The van der Waals surface area contributed by atoms with Crippen LogP contribution in [-0.4, -0.2) is 65.3 Å². The van der Waals surface area contributed by atoms with Gasteiger partial charge in [-0.15, -0.1) is 0 Å². The van der Waals surface area contributed by atoms with Gasteiger partial charge in [-0.3, -0.25) is 4.79 Å². The maximum atomic E-state index is 11.8. The van der Waals surface area contributed by atoms with Gasteiger partial charge in [-0.05, 0) is 18.8 Å². The SMILES string of the molecule is CN(CCO)C(=O)N(CC(=O)O)CC1CC1. The van der Waals surface area contributed by atoms with Crippen molar-refractivity contribution in [1.29, 1.82) is 0 Å². The molecule has 1 aliphatic rings. The molecule has 0 radical (unpaired) electrons. The van der Waals surface area contributed by atoms with Crippen molar-refractivity contribution in [2.24, 2.45) is 5.92 Å². The van der Waals surface area contributed by atoms with Crippen LogP contribution in [-0.2, 0) is 4.79 Å². The van der Waals surface area contributed by atoms with Gasteiger partial charge in [0, 0.05) is 20.1 Å². The smallest absolute Gasteiger partial charge is 0.323 e. The Balaban J connectivity index is 2.51. The highest BCUT2D eigenvalue weighted by Crippen LogP contribution is 2.29. The summed E-state index contributed by atoms with van der Waals surface area (Å²) in [5.41, 5.74) is 0. The Bertz CT molecular complexity index is 266. The van der Waals surface area contributed by atoms with E-state index in [-0.39, 0.29) is 25.7 Å². The van der Waals surface area contributed by atoms with E-state index in [1.165, 1.54) is 9.80 Å². The molecule has 2 N–H and O–H groups in total. The lowest BCUT2D eigenvalue weighted by Gasteiger charge is -2.26. The zero-order valence-corrected chi connectivity index (χ0v) is 9.43. The summed E-state index contributed by atoms with van der Waals surface area (Å²) in [7, 11) is 1.56. The van der Waals surface area contributed by atoms with Crippen molar-refractivity contribution in [2.75, 3.05) is 33.3 Å². The van der Waals surface area contributed by atoms with E-state index in [0.29, 0.717) is 12.5 Å². The molecular formula is C10H18N2O4. The minimum atomic E-state index is -1.01. The van der Waals surface area contributed by atoms with Crippen molar-refractivity contribution < 1.29 is 19.8 Å². The summed E-state index contributed by atoms with van der Waals surface area (Å²) in [5, 5.41) is 17.4.